The van der Waals surface area contributed by atoms with Crippen LogP contribution in [-0.2, 0) is 26.1 Å². The Morgan fingerprint density at radius 3 is 3.05 bits per heavy atom. The van der Waals surface area contributed by atoms with E-state index >= 15 is 0 Å². The van der Waals surface area contributed by atoms with Gasteiger partial charge in [-0.25, -0.2) is 0 Å². The zero-order valence-corrected chi connectivity index (χ0v) is 11.9. The summed E-state index contributed by atoms with van der Waals surface area (Å²) in [6.07, 6.45) is 3.36. The number of fused-ring (bicyclic) bond motifs is 1. The second-order valence-electron chi connectivity index (χ2n) is 4.89. The van der Waals surface area contributed by atoms with Crippen LogP contribution in [0.5, 0.6) is 5.75 Å². The highest BCUT2D eigenvalue weighted by atomic mass is 35.5. The highest BCUT2D eigenvalue weighted by Gasteiger charge is 2.16. The summed E-state index contributed by atoms with van der Waals surface area (Å²) in [5.74, 6) is 2.69. The normalized spacial score (nSPS) is 14.1. The maximum Gasteiger partial charge on any atom is 0.171 e. The Morgan fingerprint density at radius 2 is 2.20 bits per heavy atom. The van der Waals surface area contributed by atoms with Gasteiger partial charge in [-0.3, -0.25) is 0 Å². The molecule has 1 aliphatic rings. The first-order valence-electron chi connectivity index (χ1n) is 6.80. The van der Waals surface area contributed by atoms with E-state index in [0.29, 0.717) is 18.2 Å². The third kappa shape index (κ3) is 2.64. The molecule has 0 aliphatic carbocycles. The molecule has 0 spiro atoms. The molecule has 0 fully saturated rings. The number of hydrogen-bond donors (Lipinski definition) is 1. The molecule has 0 radical (unpaired) electrons. The van der Waals surface area contributed by atoms with E-state index in [1.165, 1.54) is 12.8 Å². The molecule has 0 atom stereocenters. The molecule has 2 aromatic rings. The zero-order chi connectivity index (χ0) is 13.9. The van der Waals surface area contributed by atoms with E-state index in [1.54, 1.807) is 6.07 Å². The number of nitrogens with zero attached hydrogens (tertiary/aromatic N) is 3. The largest absolute Gasteiger partial charge is 0.485 e. The standard InChI is InChI=1S/C14H17ClN4O/c15-11-4-5-12(10(7-11)8-16)20-9-14-18-17-13-3-1-2-6-19(13)14/h4-5,7H,1-3,6,8-9,16H2. The molecule has 1 aromatic carbocycles. The smallest absolute Gasteiger partial charge is 0.171 e. The van der Waals surface area contributed by atoms with Crippen molar-refractivity contribution in [3.05, 3.63) is 40.4 Å². The Morgan fingerprint density at radius 1 is 1.30 bits per heavy atom. The summed E-state index contributed by atoms with van der Waals surface area (Å²) in [6.45, 7) is 1.78. The Hall–Kier alpha value is -1.59. The lowest BCUT2D eigenvalue weighted by Crippen LogP contribution is -2.14. The number of halogens is 1. The molecule has 106 valence electrons. The second kappa shape index (κ2) is 5.81. The highest BCUT2D eigenvalue weighted by molar-refractivity contribution is 6.30. The first kappa shape index (κ1) is 13.4. The fourth-order valence-electron chi connectivity index (χ4n) is 2.47. The molecule has 20 heavy (non-hydrogen) atoms. The van der Waals surface area contributed by atoms with Crippen molar-refractivity contribution in [3.8, 4) is 5.75 Å². The lowest BCUT2D eigenvalue weighted by Gasteiger charge is -2.15. The molecular weight excluding hydrogens is 276 g/mol. The molecule has 2 heterocycles. The van der Waals surface area contributed by atoms with Crippen molar-refractivity contribution in [2.45, 2.75) is 39.0 Å². The molecule has 0 amide bonds. The van der Waals surface area contributed by atoms with Crippen LogP contribution < -0.4 is 10.5 Å². The van der Waals surface area contributed by atoms with E-state index in [2.05, 4.69) is 14.8 Å². The average Bonchev–Trinajstić information content (AvgIpc) is 2.89. The summed E-state index contributed by atoms with van der Waals surface area (Å²) in [4.78, 5) is 0. The van der Waals surface area contributed by atoms with Crippen LogP contribution in [0.3, 0.4) is 0 Å². The third-order valence-corrected chi connectivity index (χ3v) is 3.77. The van der Waals surface area contributed by atoms with E-state index < -0.39 is 0 Å². The molecule has 0 saturated carbocycles. The van der Waals surface area contributed by atoms with Crippen LogP contribution in [0.2, 0.25) is 5.02 Å². The predicted molar refractivity (Wildman–Crippen MR) is 76.6 cm³/mol. The maximum atomic E-state index is 5.95. The van der Waals surface area contributed by atoms with Gasteiger partial charge in [-0.2, -0.15) is 0 Å². The van der Waals surface area contributed by atoms with Gasteiger partial charge in [0, 0.05) is 30.1 Å². The zero-order valence-electron chi connectivity index (χ0n) is 11.2. The first-order valence-corrected chi connectivity index (χ1v) is 7.18. The van der Waals surface area contributed by atoms with Crippen LogP contribution in [0, 0.1) is 0 Å². The van der Waals surface area contributed by atoms with Crippen LogP contribution in [0.15, 0.2) is 18.2 Å². The number of nitrogens with two attached hydrogens (primary N) is 1. The summed E-state index contributed by atoms with van der Waals surface area (Å²) < 4.78 is 7.99. The van der Waals surface area contributed by atoms with Crippen molar-refractivity contribution in [2.24, 2.45) is 5.73 Å². The summed E-state index contributed by atoms with van der Waals surface area (Å²) in [7, 11) is 0. The fraction of sp³-hybridized carbons (Fsp3) is 0.429. The molecule has 5 nitrogen and oxygen atoms in total. The number of aromatic nitrogens is 3. The van der Waals surface area contributed by atoms with Gasteiger partial charge in [0.15, 0.2) is 5.82 Å². The second-order valence-corrected chi connectivity index (χ2v) is 5.32. The van der Waals surface area contributed by atoms with Gasteiger partial charge in [-0.1, -0.05) is 11.6 Å². The molecule has 0 unspecified atom stereocenters. The van der Waals surface area contributed by atoms with Gasteiger partial charge in [0.25, 0.3) is 0 Å². The van der Waals surface area contributed by atoms with E-state index in [0.717, 1.165) is 35.9 Å². The molecule has 1 aliphatic heterocycles. The quantitative estimate of drug-likeness (QED) is 0.939. The molecule has 0 saturated heterocycles. The fourth-order valence-corrected chi connectivity index (χ4v) is 2.66. The van der Waals surface area contributed by atoms with Crippen LogP contribution in [-0.4, -0.2) is 14.8 Å². The minimum absolute atomic E-state index is 0.397. The summed E-state index contributed by atoms with van der Waals surface area (Å²) in [5, 5.41) is 9.09. The minimum atomic E-state index is 0.397. The van der Waals surface area contributed by atoms with Crippen LogP contribution in [0.25, 0.3) is 0 Å². The first-order chi connectivity index (χ1) is 9.78. The van der Waals surface area contributed by atoms with Gasteiger partial charge in [0.1, 0.15) is 18.2 Å². The number of aryl methyl sites for hydroxylation is 1. The van der Waals surface area contributed by atoms with E-state index in [9.17, 15) is 0 Å². The molecule has 1 aromatic heterocycles. The topological polar surface area (TPSA) is 66.0 Å². The minimum Gasteiger partial charge on any atom is -0.485 e. The Labute approximate surface area is 122 Å². The number of hydrogen-bond acceptors (Lipinski definition) is 4. The van der Waals surface area contributed by atoms with Crippen molar-refractivity contribution >= 4 is 11.6 Å². The van der Waals surface area contributed by atoms with Gasteiger partial charge in [0.2, 0.25) is 0 Å². The van der Waals surface area contributed by atoms with Crippen molar-refractivity contribution < 1.29 is 4.74 Å². The van der Waals surface area contributed by atoms with Crippen LogP contribution >= 0.6 is 11.6 Å². The number of rotatable bonds is 4. The van der Waals surface area contributed by atoms with Crippen molar-refractivity contribution in [1.29, 1.82) is 0 Å². The van der Waals surface area contributed by atoms with Crippen LogP contribution in [0.1, 0.15) is 30.1 Å². The van der Waals surface area contributed by atoms with Gasteiger partial charge in [-0.15, -0.1) is 10.2 Å². The monoisotopic (exact) mass is 292 g/mol. The molecular formula is C14H17ClN4O. The number of benzene rings is 1. The summed E-state index contributed by atoms with van der Waals surface area (Å²) >= 11 is 5.95. The Bertz CT molecular complexity index is 611. The lowest BCUT2D eigenvalue weighted by molar-refractivity contribution is 0.283. The highest BCUT2D eigenvalue weighted by Crippen LogP contribution is 2.23. The molecule has 6 heteroatoms. The number of ether oxygens (including phenoxy) is 1. The lowest BCUT2D eigenvalue weighted by atomic mass is 10.2. The van der Waals surface area contributed by atoms with Crippen molar-refractivity contribution in [1.82, 2.24) is 14.8 Å². The van der Waals surface area contributed by atoms with Gasteiger partial charge < -0.3 is 15.0 Å². The Balaban J connectivity index is 1.75. The van der Waals surface area contributed by atoms with Gasteiger partial charge >= 0.3 is 0 Å². The third-order valence-electron chi connectivity index (χ3n) is 3.54. The summed E-state index contributed by atoms with van der Waals surface area (Å²) in [6, 6.07) is 5.48. The van der Waals surface area contributed by atoms with Gasteiger partial charge in [0.05, 0.1) is 0 Å². The van der Waals surface area contributed by atoms with E-state index in [-0.39, 0.29) is 0 Å². The molecule has 3 rings (SSSR count). The summed E-state index contributed by atoms with van der Waals surface area (Å²) in [5.41, 5.74) is 6.61. The Kier molecular flexibility index (Phi) is 3.89. The van der Waals surface area contributed by atoms with Gasteiger partial charge in [-0.05, 0) is 31.0 Å². The van der Waals surface area contributed by atoms with Crippen LogP contribution in [0.4, 0.5) is 0 Å². The average molecular weight is 293 g/mol. The van der Waals surface area contributed by atoms with Crippen molar-refractivity contribution in [2.75, 3.05) is 0 Å². The molecule has 2 N–H and O–H groups in total. The van der Waals surface area contributed by atoms with E-state index in [1.807, 2.05) is 12.1 Å². The molecule has 0 bridgehead atoms. The maximum absolute atomic E-state index is 5.95. The SMILES string of the molecule is NCc1cc(Cl)ccc1OCc1nnc2n1CCCC2. The van der Waals surface area contributed by atoms with Crippen molar-refractivity contribution in [3.63, 3.8) is 0 Å². The predicted octanol–water partition coefficient (Wildman–Crippen LogP) is 2.31. The van der Waals surface area contributed by atoms with E-state index in [4.69, 9.17) is 22.1 Å².